The van der Waals surface area contributed by atoms with Crippen LogP contribution >= 0.6 is 0 Å². The minimum Gasteiger partial charge on any atom is -0.383 e. The number of nitrogens with zero attached hydrogens (tertiary/aromatic N) is 1. The van der Waals surface area contributed by atoms with Crippen LogP contribution in [0.25, 0.3) is 0 Å². The Balaban J connectivity index is 2.34. The average Bonchev–Trinajstić information content (AvgIpc) is 2.33. The van der Waals surface area contributed by atoms with Gasteiger partial charge in [-0.2, -0.15) is 13.2 Å². The van der Waals surface area contributed by atoms with Gasteiger partial charge >= 0.3 is 12.1 Å². The van der Waals surface area contributed by atoms with Crippen LogP contribution < -0.4 is 10.6 Å². The first-order chi connectivity index (χ1) is 8.80. The highest BCUT2D eigenvalue weighted by atomic mass is 19.4. The molecule has 2 N–H and O–H groups in total. The van der Waals surface area contributed by atoms with Crippen LogP contribution in [0.2, 0.25) is 0 Å². The fourth-order valence-electron chi connectivity index (χ4n) is 1.18. The number of carbonyl (C=O) groups is 1. The van der Waals surface area contributed by atoms with E-state index in [0.717, 1.165) is 0 Å². The van der Waals surface area contributed by atoms with Crippen molar-refractivity contribution >= 4 is 17.3 Å². The molecule has 0 unspecified atom stereocenters. The van der Waals surface area contributed by atoms with Gasteiger partial charge in [0.2, 0.25) is 0 Å². The van der Waals surface area contributed by atoms with Crippen molar-refractivity contribution < 1.29 is 22.9 Å². The zero-order valence-corrected chi connectivity index (χ0v) is 9.53. The first-order valence-electron chi connectivity index (χ1n) is 5.14. The third kappa shape index (κ3) is 4.82. The predicted molar refractivity (Wildman–Crippen MR) is 60.7 cm³/mol. The maximum absolute atomic E-state index is 11.8. The van der Waals surface area contributed by atoms with Crippen molar-refractivity contribution in [1.82, 2.24) is 5.32 Å². The topological polar surface area (TPSA) is 84.3 Å². The molecule has 0 saturated carbocycles. The van der Waals surface area contributed by atoms with Crippen LogP contribution in [0, 0.1) is 10.1 Å². The fraction of sp³-hybridized carbons (Fsp3) is 0.300. The highest BCUT2D eigenvalue weighted by molar-refractivity contribution is 5.81. The number of halogens is 3. The van der Waals surface area contributed by atoms with Crippen molar-refractivity contribution in [3.05, 3.63) is 34.4 Å². The zero-order valence-electron chi connectivity index (χ0n) is 9.53. The van der Waals surface area contributed by atoms with E-state index in [-0.39, 0.29) is 18.8 Å². The second-order valence-electron chi connectivity index (χ2n) is 3.48. The summed E-state index contributed by atoms with van der Waals surface area (Å²) in [7, 11) is 0. The summed E-state index contributed by atoms with van der Waals surface area (Å²) in [6.07, 6.45) is -4.90. The maximum atomic E-state index is 11.8. The number of non-ortho nitro benzene ring substituents is 1. The minimum absolute atomic E-state index is 0.0691. The van der Waals surface area contributed by atoms with Crippen molar-refractivity contribution in [2.24, 2.45) is 0 Å². The Hall–Kier alpha value is -2.32. The number of nitro groups is 1. The summed E-state index contributed by atoms with van der Waals surface area (Å²) < 4.78 is 35.5. The number of rotatable bonds is 5. The largest absolute Gasteiger partial charge is 0.471 e. The second kappa shape index (κ2) is 6.03. The summed E-state index contributed by atoms with van der Waals surface area (Å²) in [6.45, 7) is -0.144. The third-order valence-electron chi connectivity index (χ3n) is 2.08. The van der Waals surface area contributed by atoms with Crippen LogP contribution in [0.15, 0.2) is 24.3 Å². The van der Waals surface area contributed by atoms with Gasteiger partial charge in [0.25, 0.3) is 5.69 Å². The molecule has 0 radical (unpaired) electrons. The SMILES string of the molecule is O=C(NCCNc1ccc([N+](=O)[O-])cc1)C(F)(F)F. The van der Waals surface area contributed by atoms with Crippen LogP contribution in [-0.2, 0) is 4.79 Å². The minimum atomic E-state index is -4.90. The summed E-state index contributed by atoms with van der Waals surface area (Å²) >= 11 is 0. The predicted octanol–water partition coefficient (Wildman–Crippen LogP) is 1.69. The van der Waals surface area contributed by atoms with E-state index in [1.54, 1.807) is 5.32 Å². The van der Waals surface area contributed by atoms with Crippen LogP contribution in [-0.4, -0.2) is 30.1 Å². The van der Waals surface area contributed by atoms with Gasteiger partial charge in [-0.1, -0.05) is 0 Å². The quantitative estimate of drug-likeness (QED) is 0.487. The lowest BCUT2D eigenvalue weighted by Gasteiger charge is -2.09. The van der Waals surface area contributed by atoms with Gasteiger partial charge in [0, 0.05) is 30.9 Å². The number of benzene rings is 1. The second-order valence-corrected chi connectivity index (χ2v) is 3.48. The fourth-order valence-corrected chi connectivity index (χ4v) is 1.18. The Morgan fingerprint density at radius 2 is 1.79 bits per heavy atom. The highest BCUT2D eigenvalue weighted by Crippen LogP contribution is 2.15. The van der Waals surface area contributed by atoms with E-state index in [1.165, 1.54) is 24.3 Å². The van der Waals surface area contributed by atoms with E-state index < -0.39 is 17.0 Å². The van der Waals surface area contributed by atoms with Gasteiger partial charge < -0.3 is 10.6 Å². The molecule has 0 aliphatic carbocycles. The third-order valence-corrected chi connectivity index (χ3v) is 2.08. The molecule has 6 nitrogen and oxygen atoms in total. The molecule has 0 aromatic heterocycles. The number of anilines is 1. The Kier molecular flexibility index (Phi) is 4.67. The number of carbonyl (C=O) groups excluding carboxylic acids is 1. The number of hydrogen-bond acceptors (Lipinski definition) is 4. The van der Waals surface area contributed by atoms with Crippen LogP contribution in [0.3, 0.4) is 0 Å². The van der Waals surface area contributed by atoms with E-state index in [4.69, 9.17) is 0 Å². The van der Waals surface area contributed by atoms with Crippen LogP contribution in [0.1, 0.15) is 0 Å². The molecule has 0 bridgehead atoms. The van der Waals surface area contributed by atoms with Gasteiger partial charge in [0.15, 0.2) is 0 Å². The van der Waals surface area contributed by atoms with Gasteiger partial charge in [-0.3, -0.25) is 14.9 Å². The summed E-state index contributed by atoms with van der Waals surface area (Å²) in [5, 5.41) is 14.8. The maximum Gasteiger partial charge on any atom is 0.471 e. The molecular weight excluding hydrogens is 267 g/mol. The Bertz CT molecular complexity index is 459. The molecule has 104 valence electrons. The molecule has 1 aromatic rings. The first kappa shape index (κ1) is 14.7. The molecule has 1 amide bonds. The van der Waals surface area contributed by atoms with Crippen LogP contribution in [0.5, 0.6) is 0 Å². The van der Waals surface area contributed by atoms with Crippen molar-refractivity contribution in [3.8, 4) is 0 Å². The Labute approximate surface area is 105 Å². The molecule has 0 aliphatic rings. The number of alkyl halides is 3. The smallest absolute Gasteiger partial charge is 0.383 e. The van der Waals surface area contributed by atoms with Gasteiger partial charge in [-0.05, 0) is 12.1 Å². The molecule has 0 heterocycles. The lowest BCUT2D eigenvalue weighted by Crippen LogP contribution is -2.39. The molecule has 0 aliphatic heterocycles. The van der Waals surface area contributed by atoms with Gasteiger partial charge in [-0.25, -0.2) is 0 Å². The molecule has 19 heavy (non-hydrogen) atoms. The number of nitrogens with one attached hydrogen (secondary N) is 2. The van der Waals surface area contributed by atoms with E-state index in [9.17, 15) is 28.1 Å². The van der Waals surface area contributed by atoms with E-state index in [2.05, 4.69) is 5.32 Å². The summed E-state index contributed by atoms with van der Waals surface area (Å²) in [5.74, 6) is -2.00. The van der Waals surface area contributed by atoms with E-state index in [1.807, 2.05) is 0 Å². The number of nitro benzene ring substituents is 1. The van der Waals surface area contributed by atoms with Gasteiger partial charge in [-0.15, -0.1) is 0 Å². The van der Waals surface area contributed by atoms with Crippen molar-refractivity contribution in [1.29, 1.82) is 0 Å². The van der Waals surface area contributed by atoms with Gasteiger partial charge in [0.05, 0.1) is 4.92 Å². The average molecular weight is 277 g/mol. The molecule has 1 aromatic carbocycles. The van der Waals surface area contributed by atoms with E-state index >= 15 is 0 Å². The summed E-state index contributed by atoms with van der Waals surface area (Å²) in [6, 6.07) is 5.36. The zero-order chi connectivity index (χ0) is 14.5. The molecule has 1 rings (SSSR count). The van der Waals surface area contributed by atoms with E-state index in [0.29, 0.717) is 5.69 Å². The molecule has 0 atom stereocenters. The number of amides is 1. The first-order valence-corrected chi connectivity index (χ1v) is 5.14. The standard InChI is InChI=1S/C10H10F3N3O3/c11-10(12,13)9(17)15-6-5-14-7-1-3-8(4-2-7)16(18)19/h1-4,14H,5-6H2,(H,15,17). The summed E-state index contributed by atoms with van der Waals surface area (Å²) in [4.78, 5) is 20.3. The molecule has 9 heteroatoms. The molecule has 0 fully saturated rings. The molecule has 0 saturated heterocycles. The normalized spacial score (nSPS) is 10.9. The molecule has 0 spiro atoms. The Morgan fingerprint density at radius 1 is 1.21 bits per heavy atom. The van der Waals surface area contributed by atoms with Crippen LogP contribution in [0.4, 0.5) is 24.5 Å². The van der Waals surface area contributed by atoms with Crippen molar-refractivity contribution in [2.75, 3.05) is 18.4 Å². The lowest BCUT2D eigenvalue weighted by molar-refractivity contribution is -0.384. The van der Waals surface area contributed by atoms with Gasteiger partial charge in [0.1, 0.15) is 0 Å². The summed E-state index contributed by atoms with van der Waals surface area (Å²) in [5.41, 5.74) is 0.419. The van der Waals surface area contributed by atoms with Crippen molar-refractivity contribution in [3.63, 3.8) is 0 Å². The monoisotopic (exact) mass is 277 g/mol. The van der Waals surface area contributed by atoms with Crippen molar-refractivity contribution in [2.45, 2.75) is 6.18 Å². The lowest BCUT2D eigenvalue weighted by atomic mass is 10.3. The number of hydrogen-bond donors (Lipinski definition) is 2. The highest BCUT2D eigenvalue weighted by Gasteiger charge is 2.38. The molecular formula is C10H10F3N3O3. The Morgan fingerprint density at radius 3 is 2.26 bits per heavy atom.